The Morgan fingerprint density at radius 1 is 1.06 bits per heavy atom. The molecule has 0 aromatic heterocycles. The van der Waals surface area contributed by atoms with Crippen LogP contribution in [0, 0.1) is 0 Å². The molecule has 0 saturated heterocycles. The molecule has 1 aliphatic carbocycles. The van der Waals surface area contributed by atoms with Crippen LogP contribution in [0.4, 0.5) is 0 Å². The van der Waals surface area contributed by atoms with Crippen LogP contribution in [-0.2, 0) is 5.41 Å². The highest BCUT2D eigenvalue weighted by atomic mass is 16.3. The zero-order chi connectivity index (χ0) is 11.8. The molecular weight excluding hydrogens is 196 g/mol. The van der Waals surface area contributed by atoms with Crippen molar-refractivity contribution in [3.05, 3.63) is 35.4 Å². The van der Waals surface area contributed by atoms with Crippen molar-refractivity contribution in [2.75, 3.05) is 0 Å². The van der Waals surface area contributed by atoms with E-state index in [0.717, 1.165) is 19.3 Å². The Labute approximate surface area is 98.5 Å². The lowest BCUT2D eigenvalue weighted by Crippen LogP contribution is -2.13. The van der Waals surface area contributed by atoms with Crippen molar-refractivity contribution in [3.8, 4) is 0 Å². The fourth-order valence-corrected chi connectivity index (χ4v) is 2.56. The van der Waals surface area contributed by atoms with Crippen LogP contribution in [0.2, 0.25) is 0 Å². The summed E-state index contributed by atoms with van der Waals surface area (Å²) < 4.78 is 0. The minimum absolute atomic E-state index is 0.125. The summed E-state index contributed by atoms with van der Waals surface area (Å²) in [5.41, 5.74) is 2.88. The van der Waals surface area contributed by atoms with Gasteiger partial charge >= 0.3 is 0 Å². The van der Waals surface area contributed by atoms with Crippen molar-refractivity contribution in [1.29, 1.82) is 0 Å². The molecule has 1 aliphatic rings. The predicted molar refractivity (Wildman–Crippen MR) is 67.7 cm³/mol. The number of aliphatic hydroxyl groups is 1. The standard InChI is InChI=1S/C15H22O/c1-15(2,3)12-9-7-11(8-10-12)13-5-4-6-14(13)16/h7-10,13-14,16H,4-6H2,1-3H3/t13-,14+/m0/s1. The van der Waals surface area contributed by atoms with E-state index in [4.69, 9.17) is 0 Å². The van der Waals surface area contributed by atoms with Crippen LogP contribution in [0.1, 0.15) is 57.1 Å². The Kier molecular flexibility index (Phi) is 3.07. The average Bonchev–Trinajstić information content (AvgIpc) is 2.63. The van der Waals surface area contributed by atoms with Crippen molar-refractivity contribution < 1.29 is 5.11 Å². The van der Waals surface area contributed by atoms with Gasteiger partial charge in [0.15, 0.2) is 0 Å². The Balaban J connectivity index is 2.19. The number of aliphatic hydroxyl groups excluding tert-OH is 1. The van der Waals surface area contributed by atoms with Crippen LogP contribution in [0.25, 0.3) is 0 Å². The maximum absolute atomic E-state index is 9.87. The number of hydrogen-bond donors (Lipinski definition) is 1. The summed E-state index contributed by atoms with van der Waals surface area (Å²) in [7, 11) is 0. The summed E-state index contributed by atoms with van der Waals surface area (Å²) in [4.78, 5) is 0. The van der Waals surface area contributed by atoms with E-state index in [1.54, 1.807) is 0 Å². The van der Waals surface area contributed by atoms with Crippen molar-refractivity contribution in [2.24, 2.45) is 0 Å². The Hall–Kier alpha value is -0.820. The van der Waals surface area contributed by atoms with E-state index in [0.29, 0.717) is 5.92 Å². The minimum Gasteiger partial charge on any atom is -0.392 e. The summed E-state index contributed by atoms with van der Waals surface area (Å²) >= 11 is 0. The van der Waals surface area contributed by atoms with Crippen LogP contribution in [0.15, 0.2) is 24.3 Å². The normalized spacial score (nSPS) is 26.0. The van der Waals surface area contributed by atoms with Crippen LogP contribution >= 0.6 is 0 Å². The van der Waals surface area contributed by atoms with Gasteiger partial charge in [0.05, 0.1) is 6.10 Å². The molecule has 88 valence electrons. The summed E-state index contributed by atoms with van der Waals surface area (Å²) in [5, 5.41) is 9.87. The first-order valence-electron chi connectivity index (χ1n) is 6.27. The van der Waals surface area contributed by atoms with Gasteiger partial charge in [0, 0.05) is 5.92 Å². The highest BCUT2D eigenvalue weighted by molar-refractivity contribution is 5.30. The Morgan fingerprint density at radius 2 is 1.69 bits per heavy atom. The van der Waals surface area contributed by atoms with Crippen molar-refractivity contribution in [2.45, 2.75) is 57.5 Å². The largest absolute Gasteiger partial charge is 0.392 e. The van der Waals surface area contributed by atoms with E-state index in [2.05, 4.69) is 45.0 Å². The molecule has 1 N–H and O–H groups in total. The lowest BCUT2D eigenvalue weighted by Gasteiger charge is -2.21. The first-order chi connectivity index (χ1) is 7.48. The monoisotopic (exact) mass is 218 g/mol. The highest BCUT2D eigenvalue weighted by Crippen LogP contribution is 2.35. The van der Waals surface area contributed by atoms with E-state index in [9.17, 15) is 5.11 Å². The fraction of sp³-hybridized carbons (Fsp3) is 0.600. The third-order valence-corrected chi connectivity index (χ3v) is 3.68. The summed E-state index contributed by atoms with van der Waals surface area (Å²) in [5.74, 6) is 0.369. The van der Waals surface area contributed by atoms with Crippen LogP contribution in [0.5, 0.6) is 0 Å². The minimum atomic E-state index is -0.125. The second-order valence-electron chi connectivity index (χ2n) is 5.98. The van der Waals surface area contributed by atoms with E-state index in [1.807, 2.05) is 0 Å². The molecular formula is C15H22O. The van der Waals surface area contributed by atoms with Gasteiger partial charge in [-0.2, -0.15) is 0 Å². The maximum atomic E-state index is 9.87. The van der Waals surface area contributed by atoms with E-state index in [-0.39, 0.29) is 11.5 Å². The first kappa shape index (κ1) is 11.7. The Bertz CT molecular complexity index is 345. The maximum Gasteiger partial charge on any atom is 0.0608 e. The molecule has 0 bridgehead atoms. The van der Waals surface area contributed by atoms with Crippen molar-refractivity contribution in [3.63, 3.8) is 0 Å². The van der Waals surface area contributed by atoms with Crippen LogP contribution in [-0.4, -0.2) is 11.2 Å². The molecule has 0 unspecified atom stereocenters. The van der Waals surface area contributed by atoms with E-state index < -0.39 is 0 Å². The molecule has 2 atom stereocenters. The Morgan fingerprint density at radius 3 is 2.12 bits per heavy atom. The van der Waals surface area contributed by atoms with E-state index >= 15 is 0 Å². The average molecular weight is 218 g/mol. The molecule has 0 amide bonds. The molecule has 1 fully saturated rings. The zero-order valence-electron chi connectivity index (χ0n) is 10.5. The fourth-order valence-electron chi connectivity index (χ4n) is 2.56. The molecule has 1 saturated carbocycles. The highest BCUT2D eigenvalue weighted by Gasteiger charge is 2.26. The lowest BCUT2D eigenvalue weighted by atomic mass is 9.85. The third-order valence-electron chi connectivity index (χ3n) is 3.68. The van der Waals surface area contributed by atoms with E-state index in [1.165, 1.54) is 11.1 Å². The van der Waals surface area contributed by atoms with Gasteiger partial charge < -0.3 is 5.11 Å². The molecule has 0 radical (unpaired) electrons. The van der Waals surface area contributed by atoms with Gasteiger partial charge in [-0.1, -0.05) is 51.5 Å². The third kappa shape index (κ3) is 2.30. The summed E-state index contributed by atoms with van der Waals surface area (Å²) in [6.07, 6.45) is 3.13. The smallest absolute Gasteiger partial charge is 0.0608 e. The zero-order valence-corrected chi connectivity index (χ0v) is 10.5. The molecule has 1 heteroatoms. The lowest BCUT2D eigenvalue weighted by molar-refractivity contribution is 0.164. The van der Waals surface area contributed by atoms with Crippen LogP contribution < -0.4 is 0 Å². The van der Waals surface area contributed by atoms with Gasteiger partial charge in [-0.3, -0.25) is 0 Å². The van der Waals surface area contributed by atoms with Gasteiger partial charge in [0.1, 0.15) is 0 Å². The second-order valence-corrected chi connectivity index (χ2v) is 5.98. The van der Waals surface area contributed by atoms with Crippen molar-refractivity contribution >= 4 is 0 Å². The van der Waals surface area contributed by atoms with Gasteiger partial charge in [-0.15, -0.1) is 0 Å². The number of rotatable bonds is 1. The first-order valence-corrected chi connectivity index (χ1v) is 6.27. The number of hydrogen-bond acceptors (Lipinski definition) is 1. The van der Waals surface area contributed by atoms with Gasteiger partial charge in [0.2, 0.25) is 0 Å². The molecule has 2 rings (SSSR count). The number of benzene rings is 1. The van der Waals surface area contributed by atoms with Crippen molar-refractivity contribution in [1.82, 2.24) is 0 Å². The summed E-state index contributed by atoms with van der Waals surface area (Å²) in [6.45, 7) is 6.69. The van der Waals surface area contributed by atoms with Gasteiger partial charge in [0.25, 0.3) is 0 Å². The molecule has 0 heterocycles. The SMILES string of the molecule is CC(C)(C)c1ccc([C@@H]2CCC[C@H]2O)cc1. The topological polar surface area (TPSA) is 20.2 Å². The quantitative estimate of drug-likeness (QED) is 0.763. The molecule has 0 aliphatic heterocycles. The molecule has 1 aromatic carbocycles. The van der Waals surface area contributed by atoms with Gasteiger partial charge in [-0.05, 0) is 29.4 Å². The van der Waals surface area contributed by atoms with Gasteiger partial charge in [-0.25, -0.2) is 0 Å². The summed E-state index contributed by atoms with van der Waals surface area (Å²) in [6, 6.07) is 8.81. The van der Waals surface area contributed by atoms with Crippen LogP contribution in [0.3, 0.4) is 0 Å². The molecule has 1 aromatic rings. The molecule has 16 heavy (non-hydrogen) atoms. The predicted octanol–water partition coefficient (Wildman–Crippen LogP) is 3.61. The second kappa shape index (κ2) is 4.21. The molecule has 1 nitrogen and oxygen atoms in total. The molecule has 0 spiro atoms.